The fraction of sp³-hybridized carbons (Fsp3) is 0.704. The van der Waals surface area contributed by atoms with E-state index in [1.165, 1.54) is 56.9 Å². The molecule has 0 spiro atoms. The summed E-state index contributed by atoms with van der Waals surface area (Å²) >= 11 is 0. The second-order valence-corrected chi connectivity index (χ2v) is 9.41. The van der Waals surface area contributed by atoms with Gasteiger partial charge >= 0.3 is 0 Å². The largest absolute Gasteiger partial charge is 0.495 e. The van der Waals surface area contributed by atoms with E-state index in [1.54, 1.807) is 0 Å². The molecule has 0 unspecified atom stereocenters. The molecule has 0 aliphatic heterocycles. The van der Waals surface area contributed by atoms with Gasteiger partial charge in [0.1, 0.15) is 6.10 Å². The third-order valence-electron chi connectivity index (χ3n) is 7.13. The SMILES string of the molecule is CCCN[C@H](C/C=C/O[C@H](C1CCCCC1)[C@H](O)C1CCCCC1)c1ccccc1. The molecule has 3 nitrogen and oxygen atoms in total. The summed E-state index contributed by atoms with van der Waals surface area (Å²) in [5.74, 6) is 0.922. The van der Waals surface area contributed by atoms with Crippen LogP contribution in [-0.4, -0.2) is 23.9 Å². The number of benzene rings is 1. The van der Waals surface area contributed by atoms with Crippen molar-refractivity contribution >= 4 is 0 Å². The Hall–Kier alpha value is -1.32. The molecule has 1 aromatic rings. The van der Waals surface area contributed by atoms with E-state index in [1.807, 2.05) is 6.26 Å². The lowest BCUT2D eigenvalue weighted by atomic mass is 9.76. The maximum atomic E-state index is 11.2. The molecule has 0 aromatic heterocycles. The van der Waals surface area contributed by atoms with Crippen molar-refractivity contribution in [2.24, 2.45) is 11.8 Å². The molecule has 3 rings (SSSR count). The van der Waals surface area contributed by atoms with Gasteiger partial charge in [0.2, 0.25) is 0 Å². The second kappa shape index (κ2) is 13.2. The lowest BCUT2D eigenvalue weighted by Gasteiger charge is -2.37. The van der Waals surface area contributed by atoms with Crippen molar-refractivity contribution < 1.29 is 9.84 Å². The van der Waals surface area contributed by atoms with Crippen LogP contribution < -0.4 is 5.32 Å². The summed E-state index contributed by atoms with van der Waals surface area (Å²) in [5, 5.41) is 14.9. The zero-order chi connectivity index (χ0) is 21.0. The zero-order valence-corrected chi connectivity index (χ0v) is 19.0. The number of aliphatic hydroxyl groups is 1. The minimum Gasteiger partial charge on any atom is -0.495 e. The number of nitrogens with one attached hydrogen (secondary N) is 1. The minimum atomic E-state index is -0.318. The van der Waals surface area contributed by atoms with Crippen LogP contribution >= 0.6 is 0 Å². The summed E-state index contributed by atoms with van der Waals surface area (Å²) in [4.78, 5) is 0. The maximum Gasteiger partial charge on any atom is 0.127 e. The van der Waals surface area contributed by atoms with Crippen molar-refractivity contribution in [1.29, 1.82) is 0 Å². The Labute approximate surface area is 184 Å². The van der Waals surface area contributed by atoms with Crippen molar-refractivity contribution in [1.82, 2.24) is 5.32 Å². The molecule has 2 fully saturated rings. The van der Waals surface area contributed by atoms with Crippen molar-refractivity contribution in [3.63, 3.8) is 0 Å². The lowest BCUT2D eigenvalue weighted by molar-refractivity contribution is -0.0690. The van der Waals surface area contributed by atoms with Crippen molar-refractivity contribution in [2.45, 2.75) is 102 Å². The summed E-state index contributed by atoms with van der Waals surface area (Å²) in [6, 6.07) is 11.0. The molecular formula is C27H43NO2. The molecule has 2 N–H and O–H groups in total. The fourth-order valence-electron chi connectivity index (χ4n) is 5.36. The third-order valence-corrected chi connectivity index (χ3v) is 7.13. The second-order valence-electron chi connectivity index (χ2n) is 9.41. The van der Waals surface area contributed by atoms with Gasteiger partial charge < -0.3 is 15.2 Å². The van der Waals surface area contributed by atoms with Crippen LogP contribution in [-0.2, 0) is 4.74 Å². The standard InChI is InChI=1S/C27H43NO2/c1-2-20-28-25(22-13-6-3-7-14-22)19-12-21-30-27(24-17-10-5-11-18-24)26(29)23-15-8-4-9-16-23/h3,6-7,12-14,21,23-29H,2,4-5,8-11,15-20H2,1H3/b21-12+/t25-,26-,27-/m1/s1. The van der Waals surface area contributed by atoms with Gasteiger partial charge in [-0.2, -0.15) is 0 Å². The monoisotopic (exact) mass is 413 g/mol. The summed E-state index contributed by atoms with van der Waals surface area (Å²) in [7, 11) is 0. The predicted molar refractivity (Wildman–Crippen MR) is 125 cm³/mol. The van der Waals surface area contributed by atoms with Crippen molar-refractivity contribution in [3.05, 3.63) is 48.2 Å². The molecule has 30 heavy (non-hydrogen) atoms. The Kier molecular flexibility index (Phi) is 10.2. The van der Waals surface area contributed by atoms with Crippen LogP contribution in [0.1, 0.15) is 95.6 Å². The highest BCUT2D eigenvalue weighted by molar-refractivity contribution is 5.19. The summed E-state index contributed by atoms with van der Waals surface area (Å²) in [5.41, 5.74) is 1.32. The Morgan fingerprint density at radius 2 is 1.60 bits per heavy atom. The van der Waals surface area contributed by atoms with E-state index in [2.05, 4.69) is 48.6 Å². The molecule has 3 atom stereocenters. The topological polar surface area (TPSA) is 41.5 Å². The number of rotatable bonds is 11. The molecule has 3 heteroatoms. The maximum absolute atomic E-state index is 11.2. The summed E-state index contributed by atoms with van der Waals surface area (Å²) in [6.07, 6.45) is 18.2. The molecule has 0 bridgehead atoms. The van der Waals surface area contributed by atoms with Crippen LogP contribution in [0.15, 0.2) is 42.7 Å². The van der Waals surface area contributed by atoms with Crippen LogP contribution in [0.25, 0.3) is 0 Å². The van der Waals surface area contributed by atoms with E-state index in [9.17, 15) is 5.11 Å². The molecular weight excluding hydrogens is 370 g/mol. The van der Waals surface area contributed by atoms with Crippen LogP contribution in [0, 0.1) is 11.8 Å². The molecule has 0 amide bonds. The molecule has 2 aliphatic carbocycles. The van der Waals surface area contributed by atoms with E-state index in [0.29, 0.717) is 17.9 Å². The molecule has 0 saturated heterocycles. The van der Waals surface area contributed by atoms with Crippen LogP contribution in [0.4, 0.5) is 0 Å². The predicted octanol–water partition coefficient (Wildman–Crippen LogP) is 6.54. The van der Waals surface area contributed by atoms with Crippen LogP contribution in [0.5, 0.6) is 0 Å². The molecule has 1 aromatic carbocycles. The van der Waals surface area contributed by atoms with E-state index in [4.69, 9.17) is 4.74 Å². The smallest absolute Gasteiger partial charge is 0.127 e. The highest BCUT2D eigenvalue weighted by Gasteiger charge is 2.35. The Bertz CT molecular complexity index is 590. The number of hydrogen-bond donors (Lipinski definition) is 2. The highest BCUT2D eigenvalue weighted by atomic mass is 16.5. The van der Waals surface area contributed by atoms with Gasteiger partial charge in [-0.15, -0.1) is 0 Å². The van der Waals surface area contributed by atoms with Gasteiger partial charge in [0.05, 0.1) is 12.4 Å². The molecule has 0 radical (unpaired) electrons. The summed E-state index contributed by atoms with van der Waals surface area (Å²) in [6.45, 7) is 3.22. The van der Waals surface area contributed by atoms with Crippen molar-refractivity contribution in [2.75, 3.05) is 6.54 Å². The van der Waals surface area contributed by atoms with Crippen molar-refractivity contribution in [3.8, 4) is 0 Å². The normalized spacial score (nSPS) is 22.1. The zero-order valence-electron chi connectivity index (χ0n) is 19.0. The van der Waals surface area contributed by atoms with Gasteiger partial charge in [-0.25, -0.2) is 0 Å². The van der Waals surface area contributed by atoms with Crippen LogP contribution in [0.3, 0.4) is 0 Å². The van der Waals surface area contributed by atoms with Crippen LogP contribution in [0.2, 0.25) is 0 Å². The first-order valence-corrected chi connectivity index (χ1v) is 12.6. The lowest BCUT2D eigenvalue weighted by Crippen LogP contribution is -2.41. The van der Waals surface area contributed by atoms with Gasteiger partial charge in [-0.1, -0.05) is 75.8 Å². The van der Waals surface area contributed by atoms with Gasteiger partial charge in [0, 0.05) is 6.04 Å². The van der Waals surface area contributed by atoms with E-state index >= 15 is 0 Å². The first kappa shape index (κ1) is 23.3. The molecule has 2 aliphatic rings. The number of aliphatic hydroxyl groups excluding tert-OH is 1. The van der Waals surface area contributed by atoms with Gasteiger partial charge in [0.25, 0.3) is 0 Å². The Morgan fingerprint density at radius 3 is 2.23 bits per heavy atom. The fourth-order valence-corrected chi connectivity index (χ4v) is 5.36. The Morgan fingerprint density at radius 1 is 0.967 bits per heavy atom. The van der Waals surface area contributed by atoms with Gasteiger partial charge in [-0.3, -0.25) is 0 Å². The first-order chi connectivity index (χ1) is 14.8. The van der Waals surface area contributed by atoms with Gasteiger partial charge in [-0.05, 0) is 68.5 Å². The quantitative estimate of drug-likeness (QED) is 0.405. The molecule has 168 valence electrons. The first-order valence-electron chi connectivity index (χ1n) is 12.6. The van der Waals surface area contributed by atoms with Gasteiger partial charge in [0.15, 0.2) is 0 Å². The molecule has 0 heterocycles. The highest BCUT2D eigenvalue weighted by Crippen LogP contribution is 2.35. The molecule has 2 saturated carbocycles. The van der Waals surface area contributed by atoms with E-state index in [-0.39, 0.29) is 12.2 Å². The Balaban J connectivity index is 1.60. The van der Waals surface area contributed by atoms with E-state index < -0.39 is 0 Å². The minimum absolute atomic E-state index is 0.0385. The number of ether oxygens (including phenoxy) is 1. The third kappa shape index (κ3) is 7.13. The van der Waals surface area contributed by atoms with E-state index in [0.717, 1.165) is 32.2 Å². The number of hydrogen-bond acceptors (Lipinski definition) is 3. The summed E-state index contributed by atoms with van der Waals surface area (Å²) < 4.78 is 6.33. The average Bonchev–Trinajstić information content (AvgIpc) is 2.82. The average molecular weight is 414 g/mol.